The van der Waals surface area contributed by atoms with Crippen molar-refractivity contribution < 1.29 is 4.74 Å². The van der Waals surface area contributed by atoms with Crippen molar-refractivity contribution in [2.24, 2.45) is 0 Å². The summed E-state index contributed by atoms with van der Waals surface area (Å²) in [6.45, 7) is 0. The number of aromatic nitrogens is 1. The summed E-state index contributed by atoms with van der Waals surface area (Å²) in [5.41, 5.74) is 1.79. The number of anilines is 2. The fourth-order valence-electron chi connectivity index (χ4n) is 1.82. The molecule has 0 amide bonds. The zero-order chi connectivity index (χ0) is 13.2. The van der Waals surface area contributed by atoms with Gasteiger partial charge in [-0.2, -0.15) is 0 Å². The lowest BCUT2D eigenvalue weighted by Crippen LogP contribution is -1.88. The van der Waals surface area contributed by atoms with E-state index >= 15 is 0 Å². The Kier molecular flexibility index (Phi) is 3.27. The molecule has 0 fully saturated rings. The number of methoxy groups -OCH3 is 1. The number of ether oxygens (including phenoxy) is 1. The maximum Gasteiger partial charge on any atom is 0.188 e. The second-order valence-corrected chi connectivity index (χ2v) is 5.34. The average molecular weight is 291 g/mol. The summed E-state index contributed by atoms with van der Waals surface area (Å²) in [5.74, 6) is 0.733. The number of para-hydroxylation sites is 1. The summed E-state index contributed by atoms with van der Waals surface area (Å²) >= 11 is 7.70. The molecule has 0 unspecified atom stereocenters. The van der Waals surface area contributed by atoms with E-state index in [9.17, 15) is 0 Å². The Morgan fingerprint density at radius 3 is 2.68 bits per heavy atom. The van der Waals surface area contributed by atoms with E-state index in [0.717, 1.165) is 26.8 Å². The Balaban J connectivity index is 2.04. The molecule has 3 aromatic rings. The largest absolute Gasteiger partial charge is 0.494 e. The first-order valence-corrected chi connectivity index (χ1v) is 6.92. The van der Waals surface area contributed by atoms with Gasteiger partial charge in [-0.3, -0.25) is 0 Å². The molecule has 1 aromatic heterocycles. The number of halogens is 1. The molecule has 3 nitrogen and oxygen atoms in total. The van der Waals surface area contributed by atoms with Crippen LogP contribution in [0, 0.1) is 0 Å². The van der Waals surface area contributed by atoms with Crippen LogP contribution in [0.15, 0.2) is 42.5 Å². The highest BCUT2D eigenvalue weighted by atomic mass is 35.5. The molecule has 2 aromatic carbocycles. The van der Waals surface area contributed by atoms with Crippen molar-refractivity contribution in [3.05, 3.63) is 47.5 Å². The zero-order valence-corrected chi connectivity index (χ0v) is 11.8. The van der Waals surface area contributed by atoms with Crippen LogP contribution in [-0.4, -0.2) is 12.1 Å². The topological polar surface area (TPSA) is 34.1 Å². The molecule has 0 saturated heterocycles. The molecule has 1 N–H and O–H groups in total. The molecule has 5 heteroatoms. The minimum atomic E-state index is 0.689. The van der Waals surface area contributed by atoms with Gasteiger partial charge in [-0.05, 0) is 24.3 Å². The van der Waals surface area contributed by atoms with Crippen molar-refractivity contribution in [1.82, 2.24) is 4.98 Å². The summed E-state index contributed by atoms with van der Waals surface area (Å²) in [5, 5.41) is 4.75. The first-order chi connectivity index (χ1) is 9.28. The van der Waals surface area contributed by atoms with Gasteiger partial charge in [0, 0.05) is 5.69 Å². The fraction of sp³-hybridized carbons (Fsp3) is 0.0714. The number of nitrogens with one attached hydrogen (secondary N) is 1. The quantitative estimate of drug-likeness (QED) is 0.759. The molecule has 0 atom stereocenters. The van der Waals surface area contributed by atoms with Gasteiger partial charge in [0.15, 0.2) is 5.13 Å². The van der Waals surface area contributed by atoms with E-state index in [1.807, 2.05) is 42.5 Å². The molecule has 0 bridgehead atoms. The Morgan fingerprint density at radius 2 is 1.95 bits per heavy atom. The van der Waals surface area contributed by atoms with Crippen LogP contribution in [0.3, 0.4) is 0 Å². The highest BCUT2D eigenvalue weighted by molar-refractivity contribution is 7.22. The lowest BCUT2D eigenvalue weighted by molar-refractivity contribution is 0.419. The Bertz CT molecular complexity index is 712. The van der Waals surface area contributed by atoms with Crippen LogP contribution in [0.25, 0.3) is 10.2 Å². The van der Waals surface area contributed by atoms with Crippen LogP contribution in [0.5, 0.6) is 5.75 Å². The number of fused-ring (bicyclic) bond motifs is 1. The molecule has 96 valence electrons. The van der Waals surface area contributed by atoms with E-state index in [1.165, 1.54) is 11.3 Å². The molecule has 0 radical (unpaired) electrons. The van der Waals surface area contributed by atoms with E-state index in [0.29, 0.717) is 5.02 Å². The summed E-state index contributed by atoms with van der Waals surface area (Å²) in [6.07, 6.45) is 0. The van der Waals surface area contributed by atoms with Gasteiger partial charge in [0.05, 0.1) is 16.8 Å². The standard InChI is InChI=1S/C14H11ClN2OS/c1-18-11-8-7-10(15)13-12(11)17-14(19-13)16-9-5-3-2-4-6-9/h2-8H,1H3,(H,16,17). The van der Waals surface area contributed by atoms with Gasteiger partial charge >= 0.3 is 0 Å². The minimum Gasteiger partial charge on any atom is -0.494 e. The third-order valence-corrected chi connectivity index (χ3v) is 4.13. The third kappa shape index (κ3) is 2.37. The first-order valence-electron chi connectivity index (χ1n) is 5.73. The van der Waals surface area contributed by atoms with Gasteiger partial charge in [-0.25, -0.2) is 4.98 Å². The maximum atomic E-state index is 6.19. The molecule has 0 saturated carbocycles. The number of benzene rings is 2. The van der Waals surface area contributed by atoms with Crippen LogP contribution in [0.2, 0.25) is 5.02 Å². The number of hydrogen-bond acceptors (Lipinski definition) is 4. The maximum absolute atomic E-state index is 6.19. The average Bonchev–Trinajstić information content (AvgIpc) is 2.85. The molecule has 1 heterocycles. The van der Waals surface area contributed by atoms with Crippen molar-refractivity contribution in [3.63, 3.8) is 0 Å². The lowest BCUT2D eigenvalue weighted by Gasteiger charge is -2.00. The van der Waals surface area contributed by atoms with Crippen LogP contribution in [0.4, 0.5) is 10.8 Å². The highest BCUT2D eigenvalue weighted by Gasteiger charge is 2.12. The van der Waals surface area contributed by atoms with E-state index in [-0.39, 0.29) is 0 Å². The number of thiazole rings is 1. The normalized spacial score (nSPS) is 10.6. The third-order valence-electron chi connectivity index (χ3n) is 2.70. The van der Waals surface area contributed by atoms with Crippen LogP contribution in [-0.2, 0) is 0 Å². The van der Waals surface area contributed by atoms with Gasteiger partial charge < -0.3 is 10.1 Å². The Hall–Kier alpha value is -1.78. The van der Waals surface area contributed by atoms with Crippen LogP contribution >= 0.6 is 22.9 Å². The number of hydrogen-bond donors (Lipinski definition) is 1. The second-order valence-electron chi connectivity index (χ2n) is 3.94. The van der Waals surface area contributed by atoms with Gasteiger partial charge in [0.2, 0.25) is 0 Å². The summed E-state index contributed by atoms with van der Waals surface area (Å²) < 4.78 is 6.23. The molecular weight excluding hydrogens is 280 g/mol. The van der Waals surface area contributed by atoms with Gasteiger partial charge in [-0.1, -0.05) is 41.1 Å². The van der Waals surface area contributed by atoms with Gasteiger partial charge in [0.25, 0.3) is 0 Å². The van der Waals surface area contributed by atoms with Crippen molar-refractivity contribution >= 4 is 44.0 Å². The molecule has 0 aliphatic carbocycles. The molecule has 3 rings (SSSR count). The minimum absolute atomic E-state index is 0.689. The van der Waals surface area contributed by atoms with Gasteiger partial charge in [-0.15, -0.1) is 0 Å². The molecular formula is C14H11ClN2OS. The smallest absolute Gasteiger partial charge is 0.188 e. The molecule has 19 heavy (non-hydrogen) atoms. The summed E-state index contributed by atoms with van der Waals surface area (Å²) in [7, 11) is 1.63. The molecule has 0 spiro atoms. The van der Waals surface area contributed by atoms with Crippen molar-refractivity contribution in [3.8, 4) is 5.75 Å². The number of rotatable bonds is 3. The van der Waals surface area contributed by atoms with E-state index in [1.54, 1.807) is 7.11 Å². The molecule has 0 aliphatic heterocycles. The van der Waals surface area contributed by atoms with E-state index in [4.69, 9.17) is 16.3 Å². The van der Waals surface area contributed by atoms with Crippen LogP contribution in [0.1, 0.15) is 0 Å². The van der Waals surface area contributed by atoms with E-state index in [2.05, 4.69) is 10.3 Å². The van der Waals surface area contributed by atoms with E-state index < -0.39 is 0 Å². The second kappa shape index (κ2) is 5.07. The predicted molar refractivity (Wildman–Crippen MR) is 80.9 cm³/mol. The first kappa shape index (κ1) is 12.3. The van der Waals surface area contributed by atoms with Crippen molar-refractivity contribution in [2.75, 3.05) is 12.4 Å². The number of nitrogens with zero attached hydrogens (tertiary/aromatic N) is 1. The zero-order valence-electron chi connectivity index (χ0n) is 10.2. The summed E-state index contributed by atoms with van der Waals surface area (Å²) in [4.78, 5) is 4.54. The lowest BCUT2D eigenvalue weighted by atomic mass is 10.3. The van der Waals surface area contributed by atoms with Crippen molar-refractivity contribution in [2.45, 2.75) is 0 Å². The fourth-order valence-corrected chi connectivity index (χ4v) is 2.99. The predicted octanol–water partition coefficient (Wildman–Crippen LogP) is 4.70. The van der Waals surface area contributed by atoms with Crippen LogP contribution < -0.4 is 10.1 Å². The van der Waals surface area contributed by atoms with Gasteiger partial charge in [0.1, 0.15) is 11.3 Å². The monoisotopic (exact) mass is 290 g/mol. The summed E-state index contributed by atoms with van der Waals surface area (Å²) in [6, 6.07) is 13.6. The Morgan fingerprint density at radius 1 is 1.16 bits per heavy atom. The van der Waals surface area contributed by atoms with Crippen molar-refractivity contribution in [1.29, 1.82) is 0 Å². The highest BCUT2D eigenvalue weighted by Crippen LogP contribution is 2.38. The SMILES string of the molecule is COc1ccc(Cl)c2sc(Nc3ccccc3)nc12. The Labute approximate surface area is 119 Å². The molecule has 0 aliphatic rings.